The van der Waals surface area contributed by atoms with Crippen LogP contribution in [0.2, 0.25) is 0 Å². The van der Waals surface area contributed by atoms with Gasteiger partial charge in [-0.3, -0.25) is 4.79 Å². The number of nitrogens with zero attached hydrogens (tertiary/aromatic N) is 1. The summed E-state index contributed by atoms with van der Waals surface area (Å²) >= 11 is 0. The number of likely N-dealkylation sites (tertiary alicyclic amines) is 1. The molecule has 4 heteroatoms. The fourth-order valence-corrected chi connectivity index (χ4v) is 2.62. The summed E-state index contributed by atoms with van der Waals surface area (Å²) < 4.78 is 0. The van der Waals surface area contributed by atoms with E-state index < -0.39 is 0 Å². The molecule has 2 aliphatic rings. The van der Waals surface area contributed by atoms with Gasteiger partial charge in [0.2, 0.25) is 5.91 Å². The number of piperidine rings is 1. The minimum atomic E-state index is -0.328. The van der Waals surface area contributed by atoms with E-state index in [0.29, 0.717) is 25.0 Å². The average molecular weight is 240 g/mol. The molecule has 3 unspecified atom stereocenters. The maximum atomic E-state index is 11.8. The summed E-state index contributed by atoms with van der Waals surface area (Å²) in [4.78, 5) is 13.7. The summed E-state index contributed by atoms with van der Waals surface area (Å²) in [5, 5.41) is 13.3. The highest BCUT2D eigenvalue weighted by atomic mass is 16.3. The van der Waals surface area contributed by atoms with Crippen molar-refractivity contribution in [1.29, 1.82) is 0 Å². The molecule has 0 radical (unpaired) electrons. The van der Waals surface area contributed by atoms with Crippen molar-refractivity contribution in [3.63, 3.8) is 0 Å². The van der Waals surface area contributed by atoms with Gasteiger partial charge in [0.25, 0.3) is 0 Å². The molecule has 3 atom stereocenters. The first-order chi connectivity index (χ1) is 8.10. The molecule has 98 valence electrons. The molecule has 1 aliphatic carbocycles. The van der Waals surface area contributed by atoms with Crippen LogP contribution >= 0.6 is 0 Å². The van der Waals surface area contributed by atoms with Crippen LogP contribution in [0.3, 0.4) is 0 Å². The fourth-order valence-electron chi connectivity index (χ4n) is 2.62. The summed E-state index contributed by atoms with van der Waals surface area (Å²) in [5.74, 6) is 0.424. The van der Waals surface area contributed by atoms with E-state index in [0.717, 1.165) is 13.0 Å². The van der Waals surface area contributed by atoms with E-state index in [1.807, 2.05) is 18.7 Å². The van der Waals surface area contributed by atoms with E-state index in [-0.39, 0.29) is 17.9 Å². The highest BCUT2D eigenvalue weighted by Crippen LogP contribution is 2.25. The number of carbonyl (C=O) groups excluding carboxylic acids is 1. The van der Waals surface area contributed by atoms with Crippen molar-refractivity contribution in [2.45, 2.75) is 57.7 Å². The minimum absolute atomic E-state index is 0.206. The van der Waals surface area contributed by atoms with Crippen LogP contribution in [0.25, 0.3) is 0 Å². The van der Waals surface area contributed by atoms with Crippen molar-refractivity contribution >= 4 is 5.91 Å². The maximum Gasteiger partial charge on any atom is 0.222 e. The van der Waals surface area contributed by atoms with Crippen molar-refractivity contribution < 1.29 is 9.90 Å². The lowest BCUT2D eigenvalue weighted by Crippen LogP contribution is -2.53. The summed E-state index contributed by atoms with van der Waals surface area (Å²) in [5.41, 5.74) is 0. The average Bonchev–Trinajstić information content (AvgIpc) is 3.11. The first-order valence-electron chi connectivity index (χ1n) is 6.82. The molecule has 1 heterocycles. The largest absolute Gasteiger partial charge is 0.393 e. The van der Waals surface area contributed by atoms with Crippen molar-refractivity contribution in [2.24, 2.45) is 5.92 Å². The summed E-state index contributed by atoms with van der Waals surface area (Å²) in [6.07, 6.45) is 3.74. The number of aliphatic hydroxyl groups is 1. The Bertz CT molecular complexity index is 277. The van der Waals surface area contributed by atoms with Crippen LogP contribution in [0.1, 0.15) is 39.5 Å². The zero-order chi connectivity index (χ0) is 12.4. The van der Waals surface area contributed by atoms with Crippen LogP contribution in [-0.4, -0.2) is 47.2 Å². The second kappa shape index (κ2) is 5.36. The lowest BCUT2D eigenvalue weighted by atomic mass is 9.90. The first-order valence-corrected chi connectivity index (χ1v) is 6.82. The SMILES string of the molecule is CCC(=O)N1CC(NC2CC2)CC(C(C)O)C1. The molecule has 0 aromatic heterocycles. The molecule has 1 amide bonds. The zero-order valence-electron chi connectivity index (χ0n) is 10.9. The summed E-state index contributed by atoms with van der Waals surface area (Å²) in [7, 11) is 0. The first kappa shape index (κ1) is 12.8. The van der Waals surface area contributed by atoms with Gasteiger partial charge in [0.15, 0.2) is 0 Å². The Labute approximate surface area is 103 Å². The van der Waals surface area contributed by atoms with Crippen molar-refractivity contribution in [3.8, 4) is 0 Å². The van der Waals surface area contributed by atoms with E-state index in [1.54, 1.807) is 0 Å². The van der Waals surface area contributed by atoms with E-state index in [4.69, 9.17) is 0 Å². The molecule has 17 heavy (non-hydrogen) atoms. The Morgan fingerprint density at radius 3 is 2.65 bits per heavy atom. The molecule has 0 spiro atoms. The second-order valence-electron chi connectivity index (χ2n) is 5.53. The highest BCUT2D eigenvalue weighted by molar-refractivity contribution is 5.76. The smallest absolute Gasteiger partial charge is 0.222 e. The zero-order valence-corrected chi connectivity index (χ0v) is 10.9. The molecule has 2 fully saturated rings. The number of nitrogens with one attached hydrogen (secondary N) is 1. The number of carbonyl (C=O) groups is 1. The lowest BCUT2D eigenvalue weighted by molar-refractivity contribution is -0.134. The van der Waals surface area contributed by atoms with Gasteiger partial charge in [0.1, 0.15) is 0 Å². The van der Waals surface area contributed by atoms with Gasteiger partial charge in [-0.25, -0.2) is 0 Å². The van der Waals surface area contributed by atoms with Crippen LogP contribution in [0, 0.1) is 5.92 Å². The van der Waals surface area contributed by atoms with Gasteiger partial charge in [-0.2, -0.15) is 0 Å². The molecule has 1 saturated carbocycles. The number of aliphatic hydroxyl groups excluding tert-OH is 1. The summed E-state index contributed by atoms with van der Waals surface area (Å²) in [6, 6.07) is 1.03. The van der Waals surface area contributed by atoms with Gasteiger partial charge >= 0.3 is 0 Å². The Kier molecular flexibility index (Phi) is 4.05. The molecule has 0 aromatic rings. The second-order valence-corrected chi connectivity index (χ2v) is 5.53. The van der Waals surface area contributed by atoms with E-state index in [9.17, 15) is 9.90 Å². The third-order valence-electron chi connectivity index (χ3n) is 3.87. The van der Waals surface area contributed by atoms with Gasteiger partial charge in [0, 0.05) is 37.5 Å². The monoisotopic (exact) mass is 240 g/mol. The van der Waals surface area contributed by atoms with Gasteiger partial charge in [-0.15, -0.1) is 0 Å². The predicted octanol–water partition coefficient (Wildman–Crippen LogP) is 0.746. The Balaban J connectivity index is 1.95. The van der Waals surface area contributed by atoms with Crippen LogP contribution < -0.4 is 5.32 Å². The normalized spacial score (nSPS) is 31.4. The third kappa shape index (κ3) is 3.42. The molecular weight excluding hydrogens is 216 g/mol. The molecular formula is C13H24N2O2. The van der Waals surface area contributed by atoms with Crippen LogP contribution in [0.15, 0.2) is 0 Å². The van der Waals surface area contributed by atoms with Gasteiger partial charge in [-0.1, -0.05) is 6.92 Å². The molecule has 1 aliphatic heterocycles. The Morgan fingerprint density at radius 2 is 2.12 bits per heavy atom. The van der Waals surface area contributed by atoms with Crippen molar-refractivity contribution in [1.82, 2.24) is 10.2 Å². The number of hydrogen-bond acceptors (Lipinski definition) is 3. The molecule has 2 rings (SSSR count). The number of rotatable bonds is 4. The quantitative estimate of drug-likeness (QED) is 0.762. The molecule has 1 saturated heterocycles. The number of hydrogen-bond donors (Lipinski definition) is 2. The topological polar surface area (TPSA) is 52.6 Å². The van der Waals surface area contributed by atoms with Gasteiger partial charge in [-0.05, 0) is 26.2 Å². The molecule has 4 nitrogen and oxygen atoms in total. The standard InChI is InChI=1S/C13H24N2O2/c1-3-13(17)15-7-10(9(2)16)6-12(8-15)14-11-4-5-11/h9-12,14,16H,3-8H2,1-2H3. The van der Waals surface area contributed by atoms with Crippen LogP contribution in [0.5, 0.6) is 0 Å². The van der Waals surface area contributed by atoms with Crippen molar-refractivity contribution in [3.05, 3.63) is 0 Å². The van der Waals surface area contributed by atoms with Crippen LogP contribution in [-0.2, 0) is 4.79 Å². The van der Waals surface area contributed by atoms with Gasteiger partial charge in [0.05, 0.1) is 6.10 Å². The highest BCUT2D eigenvalue weighted by Gasteiger charge is 2.34. The van der Waals surface area contributed by atoms with Crippen molar-refractivity contribution in [2.75, 3.05) is 13.1 Å². The van der Waals surface area contributed by atoms with E-state index in [1.165, 1.54) is 12.8 Å². The van der Waals surface area contributed by atoms with E-state index in [2.05, 4.69) is 5.32 Å². The lowest BCUT2D eigenvalue weighted by Gasteiger charge is -2.39. The minimum Gasteiger partial charge on any atom is -0.393 e. The third-order valence-corrected chi connectivity index (χ3v) is 3.87. The Hall–Kier alpha value is -0.610. The predicted molar refractivity (Wildman–Crippen MR) is 66.6 cm³/mol. The van der Waals surface area contributed by atoms with E-state index >= 15 is 0 Å². The molecule has 0 bridgehead atoms. The van der Waals surface area contributed by atoms with Gasteiger partial charge < -0.3 is 15.3 Å². The summed E-state index contributed by atoms with van der Waals surface area (Å²) in [6.45, 7) is 5.26. The molecule has 0 aromatic carbocycles. The molecule has 2 N–H and O–H groups in total. The van der Waals surface area contributed by atoms with Crippen LogP contribution in [0.4, 0.5) is 0 Å². The fraction of sp³-hybridized carbons (Fsp3) is 0.923. The number of amides is 1. The maximum absolute atomic E-state index is 11.8. The Morgan fingerprint density at radius 1 is 1.41 bits per heavy atom.